The zero-order chi connectivity index (χ0) is 30.3. The summed E-state index contributed by atoms with van der Waals surface area (Å²) in [4.78, 5) is 19.7. The Morgan fingerprint density at radius 1 is 1.02 bits per heavy atom. The van der Waals surface area contributed by atoms with Crippen molar-refractivity contribution in [1.82, 2.24) is 14.7 Å². The first kappa shape index (κ1) is 34.0. The molecule has 1 amide bonds. The van der Waals surface area contributed by atoms with Crippen LogP contribution in [0.4, 0.5) is 4.39 Å². The molecule has 5 rings (SSSR count). The van der Waals surface area contributed by atoms with Crippen LogP contribution in [0.25, 0.3) is 11.1 Å². The van der Waals surface area contributed by atoms with E-state index in [4.69, 9.17) is 22.1 Å². The van der Waals surface area contributed by atoms with Crippen molar-refractivity contribution in [2.24, 2.45) is 11.7 Å². The quantitative estimate of drug-likeness (QED) is 0.299. The number of piperazine rings is 1. The van der Waals surface area contributed by atoms with Gasteiger partial charge in [-0.2, -0.15) is 0 Å². The number of amides is 1. The fourth-order valence-corrected chi connectivity index (χ4v) is 6.47. The lowest BCUT2D eigenvalue weighted by Crippen LogP contribution is -2.55. The largest absolute Gasteiger partial charge is 0.505 e. The van der Waals surface area contributed by atoms with Crippen molar-refractivity contribution in [3.05, 3.63) is 82.6 Å². The minimum absolute atomic E-state index is 0. The topological polar surface area (TPSA) is 82.3 Å². The number of phenolic OH excluding ortho intramolecular Hbond substituents is 1. The molecule has 2 heterocycles. The van der Waals surface area contributed by atoms with E-state index in [2.05, 4.69) is 46.2 Å². The molecule has 2 aliphatic rings. The Labute approximate surface area is 271 Å². The van der Waals surface area contributed by atoms with E-state index in [-0.39, 0.29) is 30.0 Å². The highest BCUT2D eigenvalue weighted by molar-refractivity contribution is 6.30. The Hall–Kier alpha value is -2.88. The van der Waals surface area contributed by atoms with Gasteiger partial charge in [-0.25, -0.2) is 4.39 Å². The van der Waals surface area contributed by atoms with Crippen LogP contribution in [0.2, 0.25) is 5.02 Å². The third-order valence-corrected chi connectivity index (χ3v) is 9.06. The smallest absolute Gasteiger partial charge is 0.239 e. The Morgan fingerprint density at radius 2 is 1.73 bits per heavy atom. The van der Waals surface area contributed by atoms with Gasteiger partial charge in [0, 0.05) is 49.9 Å². The molecule has 238 valence electrons. The molecule has 2 saturated heterocycles. The van der Waals surface area contributed by atoms with E-state index in [1.807, 2.05) is 24.0 Å². The van der Waals surface area contributed by atoms with E-state index in [9.17, 15) is 14.3 Å². The molecule has 0 spiro atoms. The average Bonchev–Trinajstić information content (AvgIpc) is 3.04. The van der Waals surface area contributed by atoms with Gasteiger partial charge in [-0.3, -0.25) is 9.69 Å². The summed E-state index contributed by atoms with van der Waals surface area (Å²) in [5.74, 6) is -0.437. The van der Waals surface area contributed by atoms with E-state index < -0.39 is 11.9 Å². The number of nitrogens with two attached hydrogens (primary N) is 1. The van der Waals surface area contributed by atoms with E-state index in [1.165, 1.54) is 22.8 Å². The van der Waals surface area contributed by atoms with Crippen molar-refractivity contribution >= 4 is 29.9 Å². The third-order valence-electron chi connectivity index (χ3n) is 8.82. The molecule has 2 fully saturated rings. The van der Waals surface area contributed by atoms with Crippen molar-refractivity contribution in [3.8, 4) is 22.6 Å². The summed E-state index contributed by atoms with van der Waals surface area (Å²) in [6.07, 6.45) is 2.69. The molecular weight excluding hydrogens is 602 g/mol. The maximum absolute atomic E-state index is 14.7. The number of halogens is 3. The van der Waals surface area contributed by atoms with Gasteiger partial charge in [-0.05, 0) is 86.1 Å². The normalized spacial score (nSPS) is 17.2. The monoisotopic (exact) mass is 644 g/mol. The van der Waals surface area contributed by atoms with Crippen molar-refractivity contribution < 1.29 is 19.0 Å². The predicted octanol–water partition coefficient (Wildman–Crippen LogP) is 5.60. The summed E-state index contributed by atoms with van der Waals surface area (Å²) in [6.45, 7) is 7.61. The SMILES string of the molecule is CCOc1ccc(O)c(F)c1CN1CCN(C(=O)[C@H](N)C2CCN(CCc3cc(Cl)ccc3-c3ccccc3)CC2)CC1.Cl. The first-order valence-electron chi connectivity index (χ1n) is 15.3. The number of rotatable bonds is 10. The van der Waals surface area contributed by atoms with Gasteiger partial charge < -0.3 is 25.4 Å². The first-order valence-corrected chi connectivity index (χ1v) is 15.7. The van der Waals surface area contributed by atoms with Crippen molar-refractivity contribution in [1.29, 1.82) is 0 Å². The molecule has 0 aromatic heterocycles. The predicted molar refractivity (Wildman–Crippen MR) is 176 cm³/mol. The third kappa shape index (κ3) is 8.23. The summed E-state index contributed by atoms with van der Waals surface area (Å²) in [6, 6.07) is 18.9. The zero-order valence-corrected chi connectivity index (χ0v) is 26.8. The van der Waals surface area contributed by atoms with Crippen LogP contribution in [-0.4, -0.2) is 84.2 Å². The molecule has 0 saturated carbocycles. The van der Waals surface area contributed by atoms with Gasteiger partial charge in [0.25, 0.3) is 0 Å². The number of piperidine rings is 1. The number of carbonyl (C=O) groups excluding carboxylic acids is 1. The fraction of sp³-hybridized carbons (Fsp3) is 0.441. The van der Waals surface area contributed by atoms with Crippen LogP contribution in [0.3, 0.4) is 0 Å². The maximum Gasteiger partial charge on any atom is 0.239 e. The summed E-state index contributed by atoms with van der Waals surface area (Å²) in [5, 5.41) is 10.6. The Kier molecular flexibility index (Phi) is 12.3. The van der Waals surface area contributed by atoms with E-state index in [0.717, 1.165) is 43.9 Å². The number of likely N-dealkylation sites (tertiary alicyclic amines) is 1. The van der Waals surface area contributed by atoms with Crippen molar-refractivity contribution in [2.75, 3.05) is 52.4 Å². The lowest BCUT2D eigenvalue weighted by molar-refractivity contribution is -0.136. The number of phenols is 1. The van der Waals surface area contributed by atoms with Crippen LogP contribution in [0.15, 0.2) is 60.7 Å². The van der Waals surface area contributed by atoms with E-state index in [0.29, 0.717) is 50.6 Å². The van der Waals surface area contributed by atoms with Gasteiger partial charge in [-0.1, -0.05) is 48.0 Å². The van der Waals surface area contributed by atoms with Crippen molar-refractivity contribution in [3.63, 3.8) is 0 Å². The van der Waals surface area contributed by atoms with Gasteiger partial charge in [0.15, 0.2) is 11.6 Å². The number of ether oxygens (including phenoxy) is 1. The molecule has 44 heavy (non-hydrogen) atoms. The number of hydrogen-bond acceptors (Lipinski definition) is 6. The Morgan fingerprint density at radius 3 is 2.41 bits per heavy atom. The van der Waals surface area contributed by atoms with Crippen LogP contribution in [0.1, 0.15) is 30.9 Å². The van der Waals surface area contributed by atoms with Gasteiger partial charge in [0.1, 0.15) is 5.75 Å². The van der Waals surface area contributed by atoms with Crippen LogP contribution in [-0.2, 0) is 17.8 Å². The molecule has 3 aromatic rings. The summed E-state index contributed by atoms with van der Waals surface area (Å²) in [7, 11) is 0. The summed E-state index contributed by atoms with van der Waals surface area (Å²) >= 11 is 6.35. The minimum Gasteiger partial charge on any atom is -0.505 e. The molecule has 1 atom stereocenters. The second-order valence-corrected chi connectivity index (χ2v) is 12.0. The van der Waals surface area contributed by atoms with Gasteiger partial charge in [-0.15, -0.1) is 12.4 Å². The molecule has 0 unspecified atom stereocenters. The lowest BCUT2D eigenvalue weighted by atomic mass is 9.88. The molecular formula is C34H43Cl2FN4O3. The molecule has 2 aliphatic heterocycles. The van der Waals surface area contributed by atoms with Crippen LogP contribution in [0.5, 0.6) is 11.5 Å². The Balaban J connectivity index is 0.00000442. The standard InChI is InChI=1S/C34H42ClFN4O3.ClH/c1-2-43-31-11-10-30(41)32(36)29(31)23-39-18-20-40(21-19-39)34(42)33(37)25-12-15-38(16-13-25)17-14-26-22-27(35)8-9-28(26)24-6-4-3-5-7-24;/h3-11,22,25,33,41H,2,12-21,23,37H2,1H3;1H/t33-;/m1./s1. The highest BCUT2D eigenvalue weighted by atomic mass is 35.5. The fourth-order valence-electron chi connectivity index (χ4n) is 6.27. The van der Waals surface area contributed by atoms with Crippen LogP contribution in [0, 0.1) is 11.7 Å². The number of carbonyl (C=O) groups is 1. The highest BCUT2D eigenvalue weighted by Crippen LogP contribution is 2.31. The summed E-state index contributed by atoms with van der Waals surface area (Å²) in [5.41, 5.74) is 10.5. The van der Waals surface area contributed by atoms with Crippen LogP contribution < -0.4 is 10.5 Å². The van der Waals surface area contributed by atoms with E-state index in [1.54, 1.807) is 6.07 Å². The number of nitrogens with zero attached hydrogens (tertiary/aromatic N) is 3. The Bertz CT molecular complexity index is 1380. The van der Waals surface area contributed by atoms with Gasteiger partial charge >= 0.3 is 0 Å². The average molecular weight is 646 g/mol. The maximum atomic E-state index is 14.7. The number of hydrogen-bond donors (Lipinski definition) is 2. The second-order valence-electron chi connectivity index (χ2n) is 11.5. The van der Waals surface area contributed by atoms with Crippen molar-refractivity contribution in [2.45, 2.75) is 38.8 Å². The summed E-state index contributed by atoms with van der Waals surface area (Å²) < 4.78 is 20.3. The molecule has 0 aliphatic carbocycles. The number of aromatic hydroxyl groups is 1. The van der Waals surface area contributed by atoms with E-state index >= 15 is 0 Å². The molecule has 0 radical (unpaired) electrons. The van der Waals surface area contributed by atoms with Crippen LogP contribution >= 0.6 is 24.0 Å². The minimum atomic E-state index is -0.651. The molecule has 3 N–H and O–H groups in total. The molecule has 7 nitrogen and oxygen atoms in total. The second kappa shape index (κ2) is 15.9. The van der Waals surface area contributed by atoms with Gasteiger partial charge in [0.05, 0.1) is 12.6 Å². The first-order chi connectivity index (χ1) is 20.8. The lowest BCUT2D eigenvalue weighted by Gasteiger charge is -2.39. The molecule has 10 heteroatoms. The van der Waals surface area contributed by atoms with Gasteiger partial charge in [0.2, 0.25) is 5.91 Å². The highest BCUT2D eigenvalue weighted by Gasteiger charge is 2.33. The molecule has 0 bridgehead atoms. The zero-order valence-electron chi connectivity index (χ0n) is 25.3. The number of benzene rings is 3. The molecule has 3 aromatic carbocycles.